The lowest BCUT2D eigenvalue weighted by molar-refractivity contribution is 0.131. The molecular formula is C17H38O2Si2. The second-order valence-corrected chi connectivity index (χ2v) is 19.4. The van der Waals surface area contributed by atoms with Crippen molar-refractivity contribution in [2.45, 2.75) is 109 Å². The van der Waals surface area contributed by atoms with Gasteiger partial charge in [0, 0.05) is 0 Å². The molecule has 4 heteroatoms. The molecule has 2 nitrogen and oxygen atoms in total. The van der Waals surface area contributed by atoms with Gasteiger partial charge in [-0.25, -0.2) is 0 Å². The Balaban J connectivity index is 2.71. The number of hydrogen-bond acceptors (Lipinski definition) is 2. The summed E-state index contributed by atoms with van der Waals surface area (Å²) in [7, 11) is -2.91. The molecule has 3 atom stereocenters. The van der Waals surface area contributed by atoms with Gasteiger partial charge in [-0.05, 0) is 24.6 Å². The van der Waals surface area contributed by atoms with E-state index in [1.54, 1.807) is 0 Å². The van der Waals surface area contributed by atoms with Gasteiger partial charge in [-0.1, -0.05) is 66.6 Å². The average molecular weight is 331 g/mol. The van der Waals surface area contributed by atoms with Crippen LogP contribution < -0.4 is 0 Å². The summed E-state index contributed by atoms with van der Waals surface area (Å²) in [5, 5.41) is 0.277. The lowest BCUT2D eigenvalue weighted by atomic mass is 10.1. The fourth-order valence-electron chi connectivity index (χ4n) is 2.54. The number of ether oxygens (including phenoxy) is 1. The molecule has 0 unspecified atom stereocenters. The van der Waals surface area contributed by atoms with E-state index < -0.39 is 16.4 Å². The maximum atomic E-state index is 6.73. The van der Waals surface area contributed by atoms with E-state index in [1.807, 2.05) is 0 Å². The van der Waals surface area contributed by atoms with Crippen LogP contribution in [0.2, 0.25) is 37.8 Å². The van der Waals surface area contributed by atoms with Gasteiger partial charge in [0.05, 0.1) is 19.9 Å². The predicted octanol–water partition coefficient (Wildman–Crippen LogP) is 5.60. The first-order valence-electron chi connectivity index (χ1n) is 8.73. The molecular weight excluding hydrogens is 292 g/mol. The van der Waals surface area contributed by atoms with E-state index in [0.29, 0.717) is 17.9 Å². The van der Waals surface area contributed by atoms with Crippen LogP contribution in [0, 0.1) is 0 Å². The molecule has 0 aromatic heterocycles. The van der Waals surface area contributed by atoms with Crippen LogP contribution >= 0.6 is 0 Å². The van der Waals surface area contributed by atoms with Crippen molar-refractivity contribution in [3.05, 3.63) is 0 Å². The van der Waals surface area contributed by atoms with Crippen molar-refractivity contribution < 1.29 is 9.16 Å². The van der Waals surface area contributed by atoms with E-state index >= 15 is 0 Å². The Morgan fingerprint density at radius 2 is 1.62 bits per heavy atom. The SMILES string of the molecule is CCCCC[C@H](O[Si](C)(C)C(C)(C)C)[C@H]1O[C@H]1[Si](C)(C)C. The van der Waals surface area contributed by atoms with Gasteiger partial charge in [0.1, 0.15) is 6.10 Å². The third-order valence-corrected chi connectivity index (χ3v) is 11.8. The lowest BCUT2D eigenvalue weighted by Crippen LogP contribution is -2.46. The summed E-state index contributed by atoms with van der Waals surface area (Å²) in [5.41, 5.74) is 0.508. The number of unbranched alkanes of at least 4 members (excludes halogenated alkanes) is 2. The summed E-state index contributed by atoms with van der Waals surface area (Å²) < 4.78 is 12.8. The molecule has 0 aromatic rings. The third kappa shape index (κ3) is 5.49. The Morgan fingerprint density at radius 3 is 2.00 bits per heavy atom. The first-order chi connectivity index (χ1) is 9.40. The molecule has 0 saturated carbocycles. The van der Waals surface area contributed by atoms with Gasteiger partial charge in [0.15, 0.2) is 8.32 Å². The molecule has 1 rings (SSSR count). The van der Waals surface area contributed by atoms with Crippen LogP contribution in [-0.4, -0.2) is 34.3 Å². The highest BCUT2D eigenvalue weighted by atomic mass is 28.4. The molecule has 1 saturated heterocycles. The Kier molecular flexibility index (Phi) is 6.33. The minimum atomic E-state index is -1.70. The molecule has 0 bridgehead atoms. The van der Waals surface area contributed by atoms with Gasteiger partial charge in [0.2, 0.25) is 0 Å². The standard InChI is InChI=1S/C17H38O2Si2/c1-10-11-12-13-14(15-16(18-15)20(5,6)7)19-21(8,9)17(2,3)4/h14-16H,10-13H2,1-9H3/t14-,15+,16-/m0/s1. The second-order valence-electron chi connectivity index (χ2n) is 9.30. The molecule has 1 fully saturated rings. The summed E-state index contributed by atoms with van der Waals surface area (Å²) in [6, 6.07) is 0. The second kappa shape index (κ2) is 6.85. The minimum absolute atomic E-state index is 0.277. The summed E-state index contributed by atoms with van der Waals surface area (Å²) in [4.78, 5) is 0. The maximum Gasteiger partial charge on any atom is 0.192 e. The van der Waals surface area contributed by atoms with Gasteiger partial charge in [-0.2, -0.15) is 0 Å². The van der Waals surface area contributed by atoms with Crippen molar-refractivity contribution in [3.8, 4) is 0 Å². The first kappa shape index (κ1) is 19.4. The maximum absolute atomic E-state index is 6.73. The predicted molar refractivity (Wildman–Crippen MR) is 98.2 cm³/mol. The monoisotopic (exact) mass is 330 g/mol. The van der Waals surface area contributed by atoms with Gasteiger partial charge in [-0.3, -0.25) is 0 Å². The summed E-state index contributed by atoms with van der Waals surface area (Å²) >= 11 is 0. The molecule has 0 amide bonds. The van der Waals surface area contributed by atoms with E-state index in [9.17, 15) is 0 Å². The van der Waals surface area contributed by atoms with Crippen molar-refractivity contribution in [2.24, 2.45) is 0 Å². The van der Waals surface area contributed by atoms with Crippen LogP contribution in [0.1, 0.15) is 53.4 Å². The average Bonchev–Trinajstić information content (AvgIpc) is 3.05. The lowest BCUT2D eigenvalue weighted by Gasteiger charge is -2.39. The van der Waals surface area contributed by atoms with Crippen molar-refractivity contribution in [1.29, 1.82) is 0 Å². The van der Waals surface area contributed by atoms with Gasteiger partial charge >= 0.3 is 0 Å². The van der Waals surface area contributed by atoms with Gasteiger partial charge < -0.3 is 9.16 Å². The molecule has 1 heterocycles. The molecule has 1 aliphatic rings. The molecule has 0 radical (unpaired) electrons. The molecule has 126 valence electrons. The largest absolute Gasteiger partial charge is 0.411 e. The van der Waals surface area contributed by atoms with Crippen LogP contribution in [0.4, 0.5) is 0 Å². The number of epoxide rings is 1. The topological polar surface area (TPSA) is 21.8 Å². The summed E-state index contributed by atoms with van der Waals surface area (Å²) in [5.74, 6) is 0. The van der Waals surface area contributed by atoms with E-state index in [1.165, 1.54) is 25.7 Å². The highest BCUT2D eigenvalue weighted by molar-refractivity contribution is 6.78. The first-order valence-corrected chi connectivity index (χ1v) is 15.2. The van der Waals surface area contributed by atoms with Crippen molar-refractivity contribution in [3.63, 3.8) is 0 Å². The zero-order valence-corrected chi connectivity index (χ0v) is 17.9. The zero-order chi connectivity index (χ0) is 16.5. The van der Waals surface area contributed by atoms with E-state index in [-0.39, 0.29) is 5.04 Å². The highest BCUT2D eigenvalue weighted by Crippen LogP contribution is 2.42. The quantitative estimate of drug-likeness (QED) is 0.328. The van der Waals surface area contributed by atoms with Crippen LogP contribution in [0.15, 0.2) is 0 Å². The van der Waals surface area contributed by atoms with Gasteiger partial charge in [-0.15, -0.1) is 0 Å². The van der Waals surface area contributed by atoms with E-state index in [0.717, 1.165) is 0 Å². The van der Waals surface area contributed by atoms with Gasteiger partial charge in [0.25, 0.3) is 0 Å². The van der Waals surface area contributed by atoms with Crippen LogP contribution in [-0.2, 0) is 9.16 Å². The smallest absolute Gasteiger partial charge is 0.192 e. The number of hydrogen-bond donors (Lipinski definition) is 0. The summed E-state index contributed by atoms with van der Waals surface area (Å²) in [6.45, 7) is 21.2. The molecule has 0 N–H and O–H groups in total. The Morgan fingerprint density at radius 1 is 1.05 bits per heavy atom. The Bertz CT molecular complexity index is 329. The van der Waals surface area contributed by atoms with Crippen LogP contribution in [0.25, 0.3) is 0 Å². The van der Waals surface area contributed by atoms with Crippen LogP contribution in [0.3, 0.4) is 0 Å². The highest BCUT2D eigenvalue weighted by Gasteiger charge is 2.54. The van der Waals surface area contributed by atoms with E-state index in [4.69, 9.17) is 9.16 Å². The molecule has 21 heavy (non-hydrogen) atoms. The molecule has 0 aromatic carbocycles. The van der Waals surface area contributed by atoms with Crippen molar-refractivity contribution in [2.75, 3.05) is 0 Å². The third-order valence-electron chi connectivity index (χ3n) is 5.09. The Hall–Kier alpha value is 0.354. The summed E-state index contributed by atoms with van der Waals surface area (Å²) in [6.07, 6.45) is 5.73. The Labute approximate surface area is 135 Å². The molecule has 0 aliphatic carbocycles. The normalized spacial score (nSPS) is 25.0. The number of rotatable bonds is 8. The molecule has 0 spiro atoms. The van der Waals surface area contributed by atoms with E-state index in [2.05, 4.69) is 60.4 Å². The fourth-order valence-corrected chi connectivity index (χ4v) is 5.67. The van der Waals surface area contributed by atoms with Crippen molar-refractivity contribution in [1.82, 2.24) is 0 Å². The van der Waals surface area contributed by atoms with Crippen LogP contribution in [0.5, 0.6) is 0 Å². The fraction of sp³-hybridized carbons (Fsp3) is 1.00. The molecule has 1 aliphatic heterocycles. The zero-order valence-electron chi connectivity index (χ0n) is 15.9. The van der Waals surface area contributed by atoms with Crippen molar-refractivity contribution >= 4 is 16.4 Å². The minimum Gasteiger partial charge on any atom is -0.411 e.